The highest BCUT2D eigenvalue weighted by Crippen LogP contribution is 2.37. The Labute approximate surface area is 176 Å². The molecule has 8 heteroatoms. The standard InChI is InChI=1S/C22H19F2N3O2S/c1-26(11-17-12-30-13-25-17)22(29)27-10-15(19-9-16(23)5-6-20(19)24)8-21(27)14-3-2-4-18(28)7-14/h2-9,12-13,21,28H,10-11H2,1H3. The van der Waals surface area contributed by atoms with E-state index in [2.05, 4.69) is 4.98 Å². The van der Waals surface area contributed by atoms with Crippen LogP contribution in [0.25, 0.3) is 5.57 Å². The summed E-state index contributed by atoms with van der Waals surface area (Å²) in [5, 5.41) is 11.8. The van der Waals surface area contributed by atoms with Crippen molar-refractivity contribution in [2.24, 2.45) is 0 Å². The number of rotatable bonds is 4. The fourth-order valence-corrected chi connectivity index (χ4v) is 4.10. The zero-order chi connectivity index (χ0) is 21.3. The third-order valence-electron chi connectivity index (χ3n) is 4.98. The Morgan fingerprint density at radius 3 is 2.87 bits per heavy atom. The van der Waals surface area contributed by atoms with E-state index in [1.54, 1.807) is 41.7 Å². The Hall–Kier alpha value is -3.26. The number of nitrogens with zero attached hydrogens (tertiary/aromatic N) is 3. The van der Waals surface area contributed by atoms with Crippen LogP contribution >= 0.6 is 11.3 Å². The van der Waals surface area contributed by atoms with Crippen LogP contribution in [0.1, 0.15) is 22.9 Å². The van der Waals surface area contributed by atoms with E-state index in [1.165, 1.54) is 22.3 Å². The number of hydrogen-bond donors (Lipinski definition) is 1. The number of benzene rings is 2. The summed E-state index contributed by atoms with van der Waals surface area (Å²) in [6.07, 6.45) is 1.74. The van der Waals surface area contributed by atoms with Gasteiger partial charge >= 0.3 is 6.03 Å². The Balaban J connectivity index is 1.68. The van der Waals surface area contributed by atoms with Gasteiger partial charge in [-0.2, -0.15) is 0 Å². The zero-order valence-electron chi connectivity index (χ0n) is 16.1. The van der Waals surface area contributed by atoms with Crippen molar-refractivity contribution in [3.63, 3.8) is 0 Å². The maximum Gasteiger partial charge on any atom is 0.321 e. The Kier molecular flexibility index (Phi) is 5.50. The number of urea groups is 1. The molecule has 0 bridgehead atoms. The van der Waals surface area contributed by atoms with Gasteiger partial charge in [0.25, 0.3) is 0 Å². The molecule has 0 saturated carbocycles. The third-order valence-corrected chi connectivity index (χ3v) is 5.61. The van der Waals surface area contributed by atoms with E-state index in [1.807, 2.05) is 5.38 Å². The number of aromatic hydroxyl groups is 1. The first-order chi connectivity index (χ1) is 14.4. The van der Waals surface area contributed by atoms with Crippen LogP contribution in [0.3, 0.4) is 0 Å². The maximum absolute atomic E-state index is 14.4. The lowest BCUT2D eigenvalue weighted by Gasteiger charge is -2.30. The molecule has 0 radical (unpaired) electrons. The van der Waals surface area contributed by atoms with Crippen molar-refractivity contribution >= 4 is 22.9 Å². The van der Waals surface area contributed by atoms with Crippen molar-refractivity contribution in [1.82, 2.24) is 14.8 Å². The normalized spacial score (nSPS) is 15.9. The second kappa shape index (κ2) is 8.23. The lowest BCUT2D eigenvalue weighted by atomic mass is 10.0. The molecule has 1 aromatic heterocycles. The van der Waals surface area contributed by atoms with E-state index in [4.69, 9.17) is 0 Å². The number of amides is 2. The zero-order valence-corrected chi connectivity index (χ0v) is 16.9. The first-order valence-electron chi connectivity index (χ1n) is 9.26. The molecule has 4 rings (SSSR count). The number of carbonyl (C=O) groups is 1. The number of carbonyl (C=O) groups excluding carboxylic acids is 1. The minimum absolute atomic E-state index is 0.0644. The van der Waals surface area contributed by atoms with Gasteiger partial charge in [-0.1, -0.05) is 18.2 Å². The molecular formula is C22H19F2N3O2S. The number of phenolic OH excluding ortho intramolecular Hbond substituents is 1. The molecule has 1 atom stereocenters. The smallest absolute Gasteiger partial charge is 0.321 e. The fraction of sp³-hybridized carbons (Fsp3) is 0.182. The van der Waals surface area contributed by atoms with Crippen molar-refractivity contribution in [2.45, 2.75) is 12.6 Å². The van der Waals surface area contributed by atoms with Gasteiger partial charge in [-0.05, 0) is 41.5 Å². The summed E-state index contributed by atoms with van der Waals surface area (Å²) < 4.78 is 28.1. The van der Waals surface area contributed by atoms with Gasteiger partial charge < -0.3 is 14.9 Å². The molecule has 0 spiro atoms. The van der Waals surface area contributed by atoms with Crippen LogP contribution < -0.4 is 0 Å². The molecule has 1 unspecified atom stereocenters. The molecule has 0 saturated heterocycles. The molecule has 30 heavy (non-hydrogen) atoms. The van der Waals surface area contributed by atoms with Gasteiger partial charge in [0.1, 0.15) is 17.4 Å². The van der Waals surface area contributed by atoms with Crippen LogP contribution in [0.15, 0.2) is 59.4 Å². The molecule has 1 aliphatic heterocycles. The minimum Gasteiger partial charge on any atom is -0.508 e. The van der Waals surface area contributed by atoms with Gasteiger partial charge in [-0.3, -0.25) is 0 Å². The molecule has 1 aliphatic rings. The largest absolute Gasteiger partial charge is 0.508 e. The summed E-state index contributed by atoms with van der Waals surface area (Å²) in [5.74, 6) is -1.04. The molecular weight excluding hydrogens is 408 g/mol. The van der Waals surface area contributed by atoms with E-state index >= 15 is 0 Å². The van der Waals surface area contributed by atoms with Gasteiger partial charge in [0.05, 0.1) is 23.8 Å². The molecule has 0 fully saturated rings. The summed E-state index contributed by atoms with van der Waals surface area (Å²) in [6, 6.07) is 9.03. The van der Waals surface area contributed by atoms with Crippen molar-refractivity contribution < 1.29 is 18.7 Å². The SMILES string of the molecule is CN(Cc1cscn1)C(=O)N1CC(c2cc(F)ccc2F)=CC1c1cccc(O)c1. The summed E-state index contributed by atoms with van der Waals surface area (Å²) in [6.45, 7) is 0.441. The third kappa shape index (κ3) is 4.04. The predicted octanol–water partition coefficient (Wildman–Crippen LogP) is 4.82. The molecule has 5 nitrogen and oxygen atoms in total. The molecule has 0 aliphatic carbocycles. The Bertz CT molecular complexity index is 1100. The second-order valence-electron chi connectivity index (χ2n) is 7.10. The lowest BCUT2D eigenvalue weighted by molar-refractivity contribution is 0.159. The lowest BCUT2D eigenvalue weighted by Crippen LogP contribution is -2.41. The molecule has 2 aromatic carbocycles. The van der Waals surface area contributed by atoms with Crippen molar-refractivity contribution in [1.29, 1.82) is 0 Å². The van der Waals surface area contributed by atoms with Crippen LogP contribution in [-0.4, -0.2) is 39.5 Å². The molecule has 154 valence electrons. The first kappa shape index (κ1) is 20.0. The fourth-order valence-electron chi connectivity index (χ4n) is 3.55. The average Bonchev–Trinajstić information content (AvgIpc) is 3.39. The summed E-state index contributed by atoms with van der Waals surface area (Å²) >= 11 is 1.45. The minimum atomic E-state index is -0.553. The van der Waals surface area contributed by atoms with Crippen LogP contribution in [0.2, 0.25) is 0 Å². The van der Waals surface area contributed by atoms with Crippen molar-refractivity contribution in [3.8, 4) is 5.75 Å². The number of phenols is 1. The molecule has 2 heterocycles. The van der Waals surface area contributed by atoms with Crippen LogP contribution in [0.4, 0.5) is 13.6 Å². The van der Waals surface area contributed by atoms with Crippen LogP contribution in [0, 0.1) is 11.6 Å². The van der Waals surface area contributed by atoms with Crippen LogP contribution in [-0.2, 0) is 6.54 Å². The van der Waals surface area contributed by atoms with E-state index in [-0.39, 0.29) is 23.9 Å². The monoisotopic (exact) mass is 427 g/mol. The highest BCUT2D eigenvalue weighted by molar-refractivity contribution is 7.07. The predicted molar refractivity (Wildman–Crippen MR) is 111 cm³/mol. The Morgan fingerprint density at radius 2 is 2.13 bits per heavy atom. The quantitative estimate of drug-likeness (QED) is 0.650. The number of hydrogen-bond acceptors (Lipinski definition) is 4. The highest BCUT2D eigenvalue weighted by Gasteiger charge is 2.33. The summed E-state index contributed by atoms with van der Waals surface area (Å²) in [4.78, 5) is 20.5. The summed E-state index contributed by atoms with van der Waals surface area (Å²) in [5.41, 5.74) is 3.78. The van der Waals surface area contributed by atoms with Gasteiger partial charge in [0, 0.05) is 24.5 Å². The Morgan fingerprint density at radius 1 is 1.30 bits per heavy atom. The van der Waals surface area contributed by atoms with E-state index in [0.717, 1.165) is 23.9 Å². The first-order valence-corrected chi connectivity index (χ1v) is 10.2. The number of aromatic nitrogens is 1. The average molecular weight is 427 g/mol. The molecule has 3 aromatic rings. The molecule has 2 amide bonds. The van der Waals surface area contributed by atoms with Crippen molar-refractivity contribution in [3.05, 3.63) is 87.9 Å². The van der Waals surface area contributed by atoms with E-state index < -0.39 is 17.7 Å². The summed E-state index contributed by atoms with van der Waals surface area (Å²) in [7, 11) is 1.67. The van der Waals surface area contributed by atoms with Gasteiger partial charge in [-0.25, -0.2) is 18.6 Å². The van der Waals surface area contributed by atoms with Gasteiger partial charge in [0.15, 0.2) is 0 Å². The van der Waals surface area contributed by atoms with E-state index in [0.29, 0.717) is 17.7 Å². The highest BCUT2D eigenvalue weighted by atomic mass is 32.1. The van der Waals surface area contributed by atoms with Crippen LogP contribution in [0.5, 0.6) is 5.75 Å². The van der Waals surface area contributed by atoms with Crippen molar-refractivity contribution in [2.75, 3.05) is 13.6 Å². The maximum atomic E-state index is 14.4. The number of thiazole rings is 1. The topological polar surface area (TPSA) is 56.7 Å². The second-order valence-corrected chi connectivity index (χ2v) is 7.82. The molecule has 1 N–H and O–H groups in total. The van der Waals surface area contributed by atoms with E-state index in [9.17, 15) is 18.7 Å². The number of halogens is 2. The van der Waals surface area contributed by atoms with Gasteiger partial charge in [-0.15, -0.1) is 11.3 Å². The van der Waals surface area contributed by atoms with Gasteiger partial charge in [0.2, 0.25) is 0 Å².